The fourth-order valence-electron chi connectivity index (χ4n) is 4.37. The average molecular weight is 475 g/mol. The van der Waals surface area contributed by atoms with Gasteiger partial charge in [-0.05, 0) is 49.4 Å². The first-order valence-electron chi connectivity index (χ1n) is 11.9. The van der Waals surface area contributed by atoms with Crippen molar-refractivity contribution in [1.29, 1.82) is 0 Å². The Morgan fingerprint density at radius 2 is 1.80 bits per heavy atom. The van der Waals surface area contributed by atoms with Crippen LogP contribution in [-0.2, 0) is 17.6 Å². The minimum atomic E-state index is -0.831. The van der Waals surface area contributed by atoms with E-state index in [2.05, 4.69) is 29.4 Å². The van der Waals surface area contributed by atoms with Crippen LogP contribution in [0.3, 0.4) is 0 Å². The van der Waals surface area contributed by atoms with Crippen LogP contribution in [0.4, 0.5) is 5.69 Å². The molecule has 8 heteroatoms. The second kappa shape index (κ2) is 10.1. The van der Waals surface area contributed by atoms with Crippen molar-refractivity contribution in [2.24, 2.45) is 0 Å². The van der Waals surface area contributed by atoms with E-state index in [0.717, 1.165) is 35.2 Å². The van der Waals surface area contributed by atoms with Crippen molar-refractivity contribution in [2.45, 2.75) is 53.0 Å². The summed E-state index contributed by atoms with van der Waals surface area (Å²) in [5, 5.41) is 12.3. The number of nitrogens with one attached hydrogen (secondary N) is 1. The van der Waals surface area contributed by atoms with E-state index in [1.807, 2.05) is 49.4 Å². The molecule has 1 atom stereocenters. The molecule has 1 amide bonds. The van der Waals surface area contributed by atoms with Gasteiger partial charge in [0.05, 0.1) is 12.5 Å². The SMILES string of the molecule is CCc1cccc(CC)c1NC(=O)C(CC)n1nc(-c2cccc(OC)c2)c2c(C)onc2c1=O. The van der Waals surface area contributed by atoms with Gasteiger partial charge < -0.3 is 14.6 Å². The lowest BCUT2D eigenvalue weighted by Crippen LogP contribution is -2.35. The van der Waals surface area contributed by atoms with Gasteiger partial charge in [-0.1, -0.05) is 56.3 Å². The maximum absolute atomic E-state index is 13.5. The molecule has 2 aromatic heterocycles. The third-order valence-corrected chi connectivity index (χ3v) is 6.29. The lowest BCUT2D eigenvalue weighted by molar-refractivity contribution is -0.119. The Hall–Kier alpha value is -3.94. The summed E-state index contributed by atoms with van der Waals surface area (Å²) in [4.78, 5) is 27.0. The van der Waals surface area contributed by atoms with Crippen molar-refractivity contribution in [1.82, 2.24) is 14.9 Å². The maximum atomic E-state index is 13.5. The number of aromatic nitrogens is 3. The Morgan fingerprint density at radius 3 is 2.43 bits per heavy atom. The zero-order valence-electron chi connectivity index (χ0n) is 20.7. The highest BCUT2D eigenvalue weighted by molar-refractivity contribution is 5.96. The van der Waals surface area contributed by atoms with Gasteiger partial charge in [-0.25, -0.2) is 4.68 Å². The standard InChI is InChI=1S/C27H30N4O4/c1-6-17-11-9-12-18(7-2)23(17)28-26(32)21(8-3)31-27(33)25-22(16(4)35-30-25)24(29-31)19-13-10-14-20(15-19)34-5/h9-15,21H,6-8H2,1-5H3,(H,28,32). The van der Waals surface area contributed by atoms with Crippen molar-refractivity contribution in [3.05, 3.63) is 69.7 Å². The number of hydrogen-bond donors (Lipinski definition) is 1. The number of rotatable bonds is 8. The summed E-state index contributed by atoms with van der Waals surface area (Å²) in [7, 11) is 1.59. The fourth-order valence-corrected chi connectivity index (χ4v) is 4.37. The molecule has 0 spiro atoms. The number of methoxy groups -OCH3 is 1. The maximum Gasteiger partial charge on any atom is 0.297 e. The third kappa shape index (κ3) is 4.43. The van der Waals surface area contributed by atoms with E-state index >= 15 is 0 Å². The van der Waals surface area contributed by atoms with Crippen LogP contribution in [-0.4, -0.2) is 28.0 Å². The van der Waals surface area contributed by atoms with Crippen LogP contribution in [0.25, 0.3) is 22.2 Å². The van der Waals surface area contributed by atoms with Crippen molar-refractivity contribution in [2.75, 3.05) is 12.4 Å². The number of aryl methyl sites for hydroxylation is 3. The number of anilines is 1. The van der Waals surface area contributed by atoms with Crippen molar-refractivity contribution < 1.29 is 14.1 Å². The van der Waals surface area contributed by atoms with Crippen LogP contribution >= 0.6 is 0 Å². The summed E-state index contributed by atoms with van der Waals surface area (Å²) < 4.78 is 12.0. The smallest absolute Gasteiger partial charge is 0.297 e. The quantitative estimate of drug-likeness (QED) is 0.382. The Kier molecular flexibility index (Phi) is 7.00. The molecular formula is C27H30N4O4. The van der Waals surface area contributed by atoms with Crippen LogP contribution < -0.4 is 15.6 Å². The monoisotopic (exact) mass is 474 g/mol. The highest BCUT2D eigenvalue weighted by Crippen LogP contribution is 2.30. The summed E-state index contributed by atoms with van der Waals surface area (Å²) in [5.74, 6) is 0.836. The van der Waals surface area contributed by atoms with E-state index in [1.165, 1.54) is 4.68 Å². The van der Waals surface area contributed by atoms with Gasteiger partial charge in [0, 0.05) is 11.3 Å². The molecule has 182 valence electrons. The minimum Gasteiger partial charge on any atom is -0.497 e. The number of ether oxygens (including phenoxy) is 1. The second-order valence-corrected chi connectivity index (χ2v) is 8.36. The van der Waals surface area contributed by atoms with Gasteiger partial charge >= 0.3 is 0 Å². The summed E-state index contributed by atoms with van der Waals surface area (Å²) in [6.45, 7) is 7.70. The predicted octanol–water partition coefficient (Wildman–Crippen LogP) is 5.08. The molecule has 0 fully saturated rings. The molecule has 0 saturated heterocycles. The van der Waals surface area contributed by atoms with Crippen LogP contribution in [0.1, 0.15) is 50.1 Å². The van der Waals surface area contributed by atoms with Crippen LogP contribution in [0.15, 0.2) is 51.8 Å². The molecule has 1 unspecified atom stereocenters. The van der Waals surface area contributed by atoms with Gasteiger partial charge in [0.15, 0.2) is 5.52 Å². The van der Waals surface area contributed by atoms with Crippen molar-refractivity contribution in [3.8, 4) is 17.0 Å². The van der Waals surface area contributed by atoms with Crippen LogP contribution in [0.2, 0.25) is 0 Å². The first kappa shape index (κ1) is 24.2. The van der Waals surface area contributed by atoms with E-state index in [0.29, 0.717) is 29.0 Å². The molecule has 35 heavy (non-hydrogen) atoms. The number of hydrogen-bond acceptors (Lipinski definition) is 6. The van der Waals surface area contributed by atoms with Crippen molar-refractivity contribution in [3.63, 3.8) is 0 Å². The predicted molar refractivity (Wildman–Crippen MR) is 136 cm³/mol. The number of fused-ring (bicyclic) bond motifs is 1. The number of benzene rings is 2. The Bertz CT molecular complexity index is 1410. The van der Waals surface area contributed by atoms with Gasteiger partial charge in [-0.3, -0.25) is 9.59 Å². The van der Waals surface area contributed by atoms with Crippen LogP contribution in [0, 0.1) is 6.92 Å². The largest absolute Gasteiger partial charge is 0.497 e. The number of nitrogens with zero attached hydrogens (tertiary/aromatic N) is 3. The van der Waals surface area contributed by atoms with E-state index < -0.39 is 11.6 Å². The van der Waals surface area contributed by atoms with Gasteiger partial charge in [-0.2, -0.15) is 5.10 Å². The molecule has 2 heterocycles. The van der Waals surface area contributed by atoms with E-state index in [9.17, 15) is 9.59 Å². The zero-order chi connectivity index (χ0) is 25.1. The second-order valence-electron chi connectivity index (χ2n) is 8.36. The Labute approximate surface area is 203 Å². The van der Waals surface area contributed by atoms with E-state index in [1.54, 1.807) is 14.0 Å². The molecule has 4 rings (SSSR count). The van der Waals surface area contributed by atoms with Gasteiger partial charge in [-0.15, -0.1) is 0 Å². The van der Waals surface area contributed by atoms with Crippen LogP contribution in [0.5, 0.6) is 5.75 Å². The minimum absolute atomic E-state index is 0.143. The lowest BCUT2D eigenvalue weighted by Gasteiger charge is -2.20. The Balaban J connectivity index is 1.85. The van der Waals surface area contributed by atoms with Gasteiger partial charge in [0.2, 0.25) is 5.91 Å². The topological polar surface area (TPSA) is 99.2 Å². The molecule has 0 aliphatic rings. The first-order valence-corrected chi connectivity index (χ1v) is 11.9. The number of carbonyl (C=O) groups is 1. The summed E-state index contributed by atoms with van der Waals surface area (Å²) in [6.07, 6.45) is 1.93. The number of para-hydroxylation sites is 1. The fraction of sp³-hybridized carbons (Fsp3) is 0.333. The highest BCUT2D eigenvalue weighted by Gasteiger charge is 2.27. The number of carbonyl (C=O) groups excluding carboxylic acids is 1. The molecular weight excluding hydrogens is 444 g/mol. The third-order valence-electron chi connectivity index (χ3n) is 6.29. The first-order chi connectivity index (χ1) is 16.9. The molecule has 0 radical (unpaired) electrons. The molecule has 2 aromatic carbocycles. The molecule has 4 aromatic rings. The molecule has 8 nitrogen and oxygen atoms in total. The van der Waals surface area contributed by atoms with E-state index in [4.69, 9.17) is 9.26 Å². The summed E-state index contributed by atoms with van der Waals surface area (Å²) in [5.41, 5.74) is 3.82. The molecule has 0 aliphatic carbocycles. The zero-order valence-corrected chi connectivity index (χ0v) is 20.7. The molecule has 1 N–H and O–H groups in total. The summed E-state index contributed by atoms with van der Waals surface area (Å²) >= 11 is 0. The highest BCUT2D eigenvalue weighted by atomic mass is 16.5. The van der Waals surface area contributed by atoms with Crippen molar-refractivity contribution >= 4 is 22.5 Å². The molecule has 0 bridgehead atoms. The molecule has 0 aliphatic heterocycles. The summed E-state index contributed by atoms with van der Waals surface area (Å²) in [6, 6.07) is 12.6. The number of amides is 1. The normalized spacial score (nSPS) is 12.0. The molecule has 0 saturated carbocycles. The Morgan fingerprint density at radius 1 is 1.11 bits per heavy atom. The average Bonchev–Trinajstić information content (AvgIpc) is 3.27. The van der Waals surface area contributed by atoms with E-state index in [-0.39, 0.29) is 11.4 Å². The lowest BCUT2D eigenvalue weighted by atomic mass is 10.0. The van der Waals surface area contributed by atoms with Gasteiger partial charge in [0.25, 0.3) is 5.56 Å². The van der Waals surface area contributed by atoms with Gasteiger partial charge in [0.1, 0.15) is 23.2 Å².